The number of nitrogens with two attached hydrogens (primary N) is 1. The second-order valence-electron chi connectivity index (χ2n) is 4.77. The number of rotatable bonds is 3. The lowest BCUT2D eigenvalue weighted by atomic mass is 9.82. The molecule has 0 aliphatic heterocycles. The smallest absolute Gasteiger partial charge is 0.128 e. The maximum atomic E-state index is 9.23. The van der Waals surface area contributed by atoms with Crippen LogP contribution in [0.2, 0.25) is 0 Å². The molecule has 0 aromatic carbocycles. The number of aryl methyl sites for hydroxylation is 1. The molecular formula is C12H19N3O. The zero-order chi connectivity index (χ0) is 11.7. The summed E-state index contributed by atoms with van der Waals surface area (Å²) in [6.45, 7) is 2.94. The van der Waals surface area contributed by atoms with Crippen molar-refractivity contribution in [2.75, 3.05) is 24.2 Å². The van der Waals surface area contributed by atoms with E-state index in [2.05, 4.69) is 9.88 Å². The van der Waals surface area contributed by atoms with Crippen molar-refractivity contribution in [1.82, 2.24) is 4.98 Å². The van der Waals surface area contributed by atoms with Crippen molar-refractivity contribution in [2.24, 2.45) is 5.92 Å². The van der Waals surface area contributed by atoms with Gasteiger partial charge in [-0.15, -0.1) is 0 Å². The van der Waals surface area contributed by atoms with Gasteiger partial charge in [-0.1, -0.05) is 0 Å². The van der Waals surface area contributed by atoms with Crippen LogP contribution in [-0.2, 0) is 0 Å². The van der Waals surface area contributed by atoms with Gasteiger partial charge in [-0.05, 0) is 37.3 Å². The molecule has 0 unspecified atom stereocenters. The van der Waals surface area contributed by atoms with Crippen LogP contribution in [0.5, 0.6) is 0 Å². The zero-order valence-corrected chi connectivity index (χ0v) is 9.85. The fraction of sp³-hybridized carbons (Fsp3) is 0.583. The van der Waals surface area contributed by atoms with Gasteiger partial charge in [-0.2, -0.15) is 0 Å². The molecule has 88 valence electrons. The number of aliphatic hydroxyl groups excluding tert-OH is 1. The Labute approximate surface area is 96.1 Å². The molecule has 1 saturated carbocycles. The summed E-state index contributed by atoms with van der Waals surface area (Å²) in [5, 5.41) is 9.23. The molecule has 1 aliphatic carbocycles. The highest BCUT2D eigenvalue weighted by molar-refractivity contribution is 5.51. The van der Waals surface area contributed by atoms with Gasteiger partial charge in [0, 0.05) is 13.6 Å². The maximum Gasteiger partial charge on any atom is 0.128 e. The third-order valence-corrected chi connectivity index (χ3v) is 3.27. The van der Waals surface area contributed by atoms with Crippen molar-refractivity contribution in [1.29, 1.82) is 0 Å². The van der Waals surface area contributed by atoms with Gasteiger partial charge in [-0.3, -0.25) is 0 Å². The van der Waals surface area contributed by atoms with Gasteiger partial charge in [0.25, 0.3) is 0 Å². The first-order valence-corrected chi connectivity index (χ1v) is 5.67. The van der Waals surface area contributed by atoms with Gasteiger partial charge in [0.1, 0.15) is 5.82 Å². The molecule has 1 aliphatic rings. The first-order valence-electron chi connectivity index (χ1n) is 5.67. The number of pyridine rings is 1. The summed E-state index contributed by atoms with van der Waals surface area (Å²) in [7, 11) is 2.03. The maximum absolute atomic E-state index is 9.23. The first-order chi connectivity index (χ1) is 7.56. The minimum absolute atomic E-state index is 0.0838. The molecule has 0 saturated heterocycles. The summed E-state index contributed by atoms with van der Waals surface area (Å²) >= 11 is 0. The van der Waals surface area contributed by atoms with E-state index in [1.165, 1.54) is 0 Å². The number of anilines is 2. The molecule has 0 bridgehead atoms. The van der Waals surface area contributed by atoms with Crippen molar-refractivity contribution >= 4 is 11.5 Å². The molecular weight excluding hydrogens is 202 g/mol. The molecule has 4 nitrogen and oxygen atoms in total. The Morgan fingerprint density at radius 2 is 2.25 bits per heavy atom. The average molecular weight is 221 g/mol. The molecule has 1 fully saturated rings. The van der Waals surface area contributed by atoms with Crippen molar-refractivity contribution < 1.29 is 5.11 Å². The predicted molar refractivity (Wildman–Crippen MR) is 65.4 cm³/mol. The minimum atomic E-state index is -0.0838. The van der Waals surface area contributed by atoms with Crippen LogP contribution in [0.1, 0.15) is 18.4 Å². The van der Waals surface area contributed by atoms with Crippen LogP contribution in [0.3, 0.4) is 0 Å². The van der Waals surface area contributed by atoms with E-state index in [1.807, 2.05) is 20.0 Å². The molecule has 1 aromatic rings. The van der Waals surface area contributed by atoms with Crippen LogP contribution in [0.25, 0.3) is 0 Å². The molecule has 0 atom stereocenters. The third-order valence-electron chi connectivity index (χ3n) is 3.27. The van der Waals surface area contributed by atoms with Gasteiger partial charge in [-0.25, -0.2) is 4.98 Å². The van der Waals surface area contributed by atoms with E-state index in [9.17, 15) is 5.11 Å². The highest BCUT2D eigenvalue weighted by Crippen LogP contribution is 2.28. The molecule has 2 rings (SSSR count). The number of nitrogens with zero attached hydrogens (tertiary/aromatic N) is 2. The Kier molecular flexibility index (Phi) is 3.01. The number of hydrogen-bond acceptors (Lipinski definition) is 4. The second kappa shape index (κ2) is 4.29. The Bertz CT molecular complexity index is 375. The largest absolute Gasteiger partial charge is 0.397 e. The summed E-state index contributed by atoms with van der Waals surface area (Å²) < 4.78 is 0. The van der Waals surface area contributed by atoms with Crippen LogP contribution in [0.15, 0.2) is 12.3 Å². The Balaban J connectivity index is 1.97. The zero-order valence-electron chi connectivity index (χ0n) is 9.85. The summed E-state index contributed by atoms with van der Waals surface area (Å²) in [5.41, 5.74) is 7.52. The first kappa shape index (κ1) is 11.2. The quantitative estimate of drug-likeness (QED) is 0.804. The van der Waals surface area contributed by atoms with Crippen LogP contribution in [0, 0.1) is 12.8 Å². The van der Waals surface area contributed by atoms with Crippen LogP contribution < -0.4 is 10.6 Å². The fourth-order valence-electron chi connectivity index (χ4n) is 2.09. The van der Waals surface area contributed by atoms with E-state index >= 15 is 0 Å². The Morgan fingerprint density at radius 3 is 2.81 bits per heavy atom. The van der Waals surface area contributed by atoms with Crippen LogP contribution >= 0.6 is 0 Å². The van der Waals surface area contributed by atoms with Crippen molar-refractivity contribution in [3.8, 4) is 0 Å². The second-order valence-corrected chi connectivity index (χ2v) is 4.77. The highest BCUT2D eigenvalue weighted by Gasteiger charge is 2.28. The fourth-order valence-corrected chi connectivity index (χ4v) is 2.09. The number of nitrogen functional groups attached to an aromatic ring is 1. The van der Waals surface area contributed by atoms with Gasteiger partial charge in [0.05, 0.1) is 18.0 Å². The highest BCUT2D eigenvalue weighted by atomic mass is 16.3. The topological polar surface area (TPSA) is 62.4 Å². The average Bonchev–Trinajstić information content (AvgIpc) is 2.19. The van der Waals surface area contributed by atoms with E-state index in [0.717, 1.165) is 36.5 Å². The lowest BCUT2D eigenvalue weighted by Crippen LogP contribution is -2.37. The third kappa shape index (κ3) is 2.27. The van der Waals surface area contributed by atoms with E-state index in [-0.39, 0.29) is 6.10 Å². The van der Waals surface area contributed by atoms with E-state index < -0.39 is 0 Å². The monoisotopic (exact) mass is 221 g/mol. The normalized spacial score (nSPS) is 23.9. The molecule has 1 aromatic heterocycles. The number of aliphatic hydroxyl groups is 1. The summed E-state index contributed by atoms with van der Waals surface area (Å²) in [5.74, 6) is 1.55. The minimum Gasteiger partial charge on any atom is -0.397 e. The molecule has 0 spiro atoms. The SMILES string of the molecule is Cc1cc(N(C)CC2CC(O)C2)ncc1N. The molecule has 16 heavy (non-hydrogen) atoms. The van der Waals surface area contributed by atoms with Crippen molar-refractivity contribution in [3.05, 3.63) is 17.8 Å². The van der Waals surface area contributed by atoms with Gasteiger partial charge >= 0.3 is 0 Å². The number of aromatic nitrogens is 1. The lowest BCUT2D eigenvalue weighted by molar-refractivity contribution is 0.0464. The standard InChI is InChI=1S/C12H19N3O/c1-8-3-12(14-6-11(8)13)15(2)7-9-4-10(16)5-9/h3,6,9-10,16H,4-5,7,13H2,1-2H3. The van der Waals surface area contributed by atoms with E-state index in [1.54, 1.807) is 6.20 Å². The van der Waals surface area contributed by atoms with Gasteiger partial charge in [0.2, 0.25) is 0 Å². The molecule has 3 N–H and O–H groups in total. The summed E-state index contributed by atoms with van der Waals surface area (Å²) in [6, 6.07) is 2.00. The Hall–Kier alpha value is -1.29. The van der Waals surface area contributed by atoms with Gasteiger partial charge in [0.15, 0.2) is 0 Å². The van der Waals surface area contributed by atoms with Gasteiger partial charge < -0.3 is 15.7 Å². The van der Waals surface area contributed by atoms with Crippen molar-refractivity contribution in [2.45, 2.75) is 25.9 Å². The van der Waals surface area contributed by atoms with Crippen molar-refractivity contribution in [3.63, 3.8) is 0 Å². The van der Waals surface area contributed by atoms with E-state index in [4.69, 9.17) is 5.73 Å². The summed E-state index contributed by atoms with van der Waals surface area (Å²) in [4.78, 5) is 6.44. The number of hydrogen-bond donors (Lipinski definition) is 2. The molecule has 1 heterocycles. The summed E-state index contributed by atoms with van der Waals surface area (Å²) in [6.07, 6.45) is 3.45. The van der Waals surface area contributed by atoms with Crippen LogP contribution in [0.4, 0.5) is 11.5 Å². The van der Waals surface area contributed by atoms with Crippen LogP contribution in [-0.4, -0.2) is 29.8 Å². The molecule has 0 radical (unpaired) electrons. The van der Waals surface area contributed by atoms with E-state index in [0.29, 0.717) is 5.92 Å². The Morgan fingerprint density at radius 1 is 1.56 bits per heavy atom. The lowest BCUT2D eigenvalue weighted by Gasteiger charge is -2.34. The molecule has 0 amide bonds. The molecule has 4 heteroatoms. The predicted octanol–water partition coefficient (Wildman–Crippen LogP) is 1.18.